The van der Waals surface area contributed by atoms with Crippen LogP contribution in [0.1, 0.15) is 26.7 Å². The van der Waals surface area contributed by atoms with E-state index in [1.54, 1.807) is 11.8 Å². The number of nitrogens with two attached hydrogens (primary N) is 1. The van der Waals surface area contributed by atoms with Gasteiger partial charge in [-0.3, -0.25) is 0 Å². The minimum atomic E-state index is -2.80. The summed E-state index contributed by atoms with van der Waals surface area (Å²) in [6, 6.07) is 0.203. The molecule has 14 heavy (non-hydrogen) atoms. The number of hydrogen-bond donors (Lipinski definition) is 1. The van der Waals surface area contributed by atoms with Gasteiger partial charge in [0.15, 0.2) is 9.84 Å². The van der Waals surface area contributed by atoms with Crippen LogP contribution < -0.4 is 5.73 Å². The SMILES string of the molecule is CCCS(=O)(=O)CCSCC(N)CC. The average Bonchev–Trinajstić information content (AvgIpc) is 2.12. The van der Waals surface area contributed by atoms with Crippen molar-refractivity contribution in [2.75, 3.05) is 23.0 Å². The second kappa shape index (κ2) is 7.54. The molecule has 0 fully saturated rings. The molecule has 0 aliphatic carbocycles. The molecule has 0 aromatic heterocycles. The lowest BCUT2D eigenvalue weighted by molar-refractivity contribution is 0.596. The van der Waals surface area contributed by atoms with Gasteiger partial charge < -0.3 is 5.73 Å². The Morgan fingerprint density at radius 1 is 1.29 bits per heavy atom. The summed E-state index contributed by atoms with van der Waals surface area (Å²) in [5, 5.41) is 0. The van der Waals surface area contributed by atoms with Gasteiger partial charge in [0.25, 0.3) is 0 Å². The maximum absolute atomic E-state index is 11.3. The lowest BCUT2D eigenvalue weighted by atomic mass is 10.3. The van der Waals surface area contributed by atoms with Gasteiger partial charge in [-0.25, -0.2) is 8.42 Å². The Morgan fingerprint density at radius 2 is 1.93 bits per heavy atom. The third kappa shape index (κ3) is 7.64. The summed E-state index contributed by atoms with van der Waals surface area (Å²) < 4.78 is 22.6. The Hall–Kier alpha value is 0.260. The van der Waals surface area contributed by atoms with Crippen molar-refractivity contribution in [2.24, 2.45) is 5.73 Å². The van der Waals surface area contributed by atoms with E-state index in [9.17, 15) is 8.42 Å². The molecule has 0 bridgehead atoms. The summed E-state index contributed by atoms with van der Waals surface area (Å²) in [5.74, 6) is 2.14. The van der Waals surface area contributed by atoms with E-state index in [2.05, 4.69) is 0 Å². The molecule has 1 unspecified atom stereocenters. The van der Waals surface area contributed by atoms with Crippen LogP contribution in [-0.4, -0.2) is 37.5 Å². The molecule has 0 rings (SSSR count). The van der Waals surface area contributed by atoms with Crippen LogP contribution in [0.5, 0.6) is 0 Å². The fraction of sp³-hybridized carbons (Fsp3) is 1.00. The first kappa shape index (κ1) is 14.3. The molecule has 5 heteroatoms. The average molecular weight is 239 g/mol. The van der Waals surface area contributed by atoms with Gasteiger partial charge >= 0.3 is 0 Å². The summed E-state index contributed by atoms with van der Waals surface area (Å²) in [6.45, 7) is 3.93. The summed E-state index contributed by atoms with van der Waals surface area (Å²) in [4.78, 5) is 0. The van der Waals surface area contributed by atoms with Gasteiger partial charge in [0.2, 0.25) is 0 Å². The predicted octanol–water partition coefficient (Wildman–Crippen LogP) is 1.28. The van der Waals surface area contributed by atoms with E-state index < -0.39 is 9.84 Å². The molecule has 0 aliphatic heterocycles. The first-order valence-electron chi connectivity index (χ1n) is 5.05. The molecule has 0 saturated heterocycles. The fourth-order valence-electron chi connectivity index (χ4n) is 0.952. The zero-order chi connectivity index (χ0) is 11.0. The predicted molar refractivity (Wildman–Crippen MR) is 64.5 cm³/mol. The van der Waals surface area contributed by atoms with Crippen molar-refractivity contribution >= 4 is 21.6 Å². The monoisotopic (exact) mass is 239 g/mol. The van der Waals surface area contributed by atoms with Gasteiger partial charge in [-0.1, -0.05) is 13.8 Å². The molecule has 86 valence electrons. The Kier molecular flexibility index (Phi) is 7.68. The van der Waals surface area contributed by atoms with Crippen LogP contribution in [0.15, 0.2) is 0 Å². The van der Waals surface area contributed by atoms with Crippen molar-refractivity contribution in [1.82, 2.24) is 0 Å². The minimum absolute atomic E-state index is 0.203. The van der Waals surface area contributed by atoms with Crippen molar-refractivity contribution in [3.05, 3.63) is 0 Å². The molecule has 0 aliphatic rings. The summed E-state index contributed by atoms with van der Waals surface area (Å²) >= 11 is 1.63. The smallest absolute Gasteiger partial charge is 0.151 e. The maximum atomic E-state index is 11.3. The topological polar surface area (TPSA) is 60.2 Å². The maximum Gasteiger partial charge on any atom is 0.151 e. The molecule has 0 aromatic carbocycles. The second-order valence-corrected chi connectivity index (χ2v) is 6.85. The molecule has 1 atom stereocenters. The highest BCUT2D eigenvalue weighted by atomic mass is 32.2. The third-order valence-corrected chi connectivity index (χ3v) is 5.18. The van der Waals surface area contributed by atoms with Gasteiger partial charge in [-0.15, -0.1) is 0 Å². The van der Waals surface area contributed by atoms with Crippen molar-refractivity contribution in [3.8, 4) is 0 Å². The van der Waals surface area contributed by atoms with Crippen LogP contribution in [0.3, 0.4) is 0 Å². The van der Waals surface area contributed by atoms with Gasteiger partial charge in [0.05, 0.1) is 5.75 Å². The minimum Gasteiger partial charge on any atom is -0.327 e. The highest BCUT2D eigenvalue weighted by Gasteiger charge is 2.09. The second-order valence-electron chi connectivity index (χ2n) is 3.40. The number of hydrogen-bond acceptors (Lipinski definition) is 4. The van der Waals surface area contributed by atoms with Crippen LogP contribution in [0, 0.1) is 0 Å². The lowest BCUT2D eigenvalue weighted by Crippen LogP contribution is -2.22. The molecule has 0 saturated carbocycles. The molecule has 2 N–H and O–H groups in total. The molecule has 0 heterocycles. The summed E-state index contributed by atoms with van der Waals surface area (Å²) in [5.41, 5.74) is 5.71. The largest absolute Gasteiger partial charge is 0.327 e. The third-order valence-electron chi connectivity index (χ3n) is 1.91. The van der Waals surface area contributed by atoms with Crippen LogP contribution >= 0.6 is 11.8 Å². The van der Waals surface area contributed by atoms with E-state index in [4.69, 9.17) is 5.73 Å². The summed E-state index contributed by atoms with van der Waals surface area (Å²) in [6.07, 6.45) is 1.66. The molecule has 3 nitrogen and oxygen atoms in total. The van der Waals surface area contributed by atoms with E-state index in [1.807, 2.05) is 13.8 Å². The van der Waals surface area contributed by atoms with Gasteiger partial charge in [0.1, 0.15) is 0 Å². The Balaban J connectivity index is 3.54. The van der Waals surface area contributed by atoms with Crippen LogP contribution in [-0.2, 0) is 9.84 Å². The molecule has 0 aromatic rings. The number of sulfone groups is 1. The quantitative estimate of drug-likeness (QED) is 0.648. The zero-order valence-electron chi connectivity index (χ0n) is 9.03. The van der Waals surface area contributed by atoms with Gasteiger partial charge in [0, 0.05) is 23.3 Å². The van der Waals surface area contributed by atoms with Crippen LogP contribution in [0.4, 0.5) is 0 Å². The number of rotatable bonds is 8. The molecular formula is C9H21NO2S2. The normalized spacial score (nSPS) is 14.2. The van der Waals surface area contributed by atoms with Gasteiger partial charge in [-0.05, 0) is 12.8 Å². The molecule has 0 spiro atoms. The Bertz CT molecular complexity index is 227. The Morgan fingerprint density at radius 3 is 2.43 bits per heavy atom. The Labute approximate surface area is 91.7 Å². The highest BCUT2D eigenvalue weighted by molar-refractivity contribution is 8.00. The fourth-order valence-corrected chi connectivity index (χ4v) is 3.97. The summed E-state index contributed by atoms with van der Waals surface area (Å²) in [7, 11) is -2.80. The first-order chi connectivity index (χ1) is 6.52. The van der Waals surface area contributed by atoms with Crippen molar-refractivity contribution in [3.63, 3.8) is 0 Å². The van der Waals surface area contributed by atoms with E-state index >= 15 is 0 Å². The first-order valence-corrected chi connectivity index (χ1v) is 8.03. The molecule has 0 radical (unpaired) electrons. The molecular weight excluding hydrogens is 218 g/mol. The lowest BCUT2D eigenvalue weighted by Gasteiger charge is -2.07. The standard InChI is InChI=1S/C9H21NO2S2/c1-3-6-14(11,12)7-5-13-8-9(10)4-2/h9H,3-8,10H2,1-2H3. The van der Waals surface area contributed by atoms with Gasteiger partial charge in [-0.2, -0.15) is 11.8 Å². The van der Waals surface area contributed by atoms with E-state index in [0.717, 1.165) is 12.2 Å². The van der Waals surface area contributed by atoms with E-state index in [1.165, 1.54) is 0 Å². The van der Waals surface area contributed by atoms with Crippen molar-refractivity contribution < 1.29 is 8.42 Å². The van der Waals surface area contributed by atoms with Crippen molar-refractivity contribution in [2.45, 2.75) is 32.7 Å². The van der Waals surface area contributed by atoms with Crippen LogP contribution in [0.2, 0.25) is 0 Å². The highest BCUT2D eigenvalue weighted by Crippen LogP contribution is 2.06. The van der Waals surface area contributed by atoms with Crippen LogP contribution in [0.25, 0.3) is 0 Å². The number of thioether (sulfide) groups is 1. The van der Waals surface area contributed by atoms with Crippen molar-refractivity contribution in [1.29, 1.82) is 0 Å². The van der Waals surface area contributed by atoms with E-state index in [-0.39, 0.29) is 6.04 Å². The van der Waals surface area contributed by atoms with E-state index in [0.29, 0.717) is 23.7 Å². The zero-order valence-corrected chi connectivity index (χ0v) is 10.7. The molecule has 0 amide bonds.